The summed E-state index contributed by atoms with van der Waals surface area (Å²) in [4.78, 5) is 32.8. The lowest BCUT2D eigenvalue weighted by Crippen LogP contribution is -2.49. The van der Waals surface area contributed by atoms with E-state index in [1.807, 2.05) is 43.8 Å². The molecule has 222 valence electrons. The van der Waals surface area contributed by atoms with Gasteiger partial charge in [0.1, 0.15) is 17.5 Å². The predicted molar refractivity (Wildman–Crippen MR) is 148 cm³/mol. The topological polar surface area (TPSA) is 118 Å². The van der Waals surface area contributed by atoms with Crippen molar-refractivity contribution in [1.82, 2.24) is 20.1 Å². The number of carbonyl (C=O) groups is 1. The highest BCUT2D eigenvalue weighted by Gasteiger charge is 2.39. The summed E-state index contributed by atoms with van der Waals surface area (Å²) < 4.78 is 43.0. The molecule has 4 heterocycles. The summed E-state index contributed by atoms with van der Waals surface area (Å²) in [5.41, 5.74) is -1.89. The van der Waals surface area contributed by atoms with Gasteiger partial charge in [-0.2, -0.15) is 23.5 Å². The van der Waals surface area contributed by atoms with Crippen LogP contribution in [0.3, 0.4) is 0 Å². The van der Waals surface area contributed by atoms with Crippen molar-refractivity contribution in [3.05, 3.63) is 46.0 Å². The number of hydrogen-bond acceptors (Lipinski definition) is 8. The summed E-state index contributed by atoms with van der Waals surface area (Å²) in [5, 5.41) is 14.0. The zero-order valence-corrected chi connectivity index (χ0v) is 23.9. The van der Waals surface area contributed by atoms with Gasteiger partial charge in [-0.3, -0.25) is 9.59 Å². The van der Waals surface area contributed by atoms with Gasteiger partial charge < -0.3 is 19.4 Å². The Kier molecular flexibility index (Phi) is 15.3. The minimum Gasteiger partial charge on any atom is -0.384 e. The number of aromatic nitrogens is 3. The van der Waals surface area contributed by atoms with Gasteiger partial charge in [-0.25, -0.2) is 10.1 Å². The molecule has 13 heteroatoms. The molecule has 0 radical (unpaired) electrons. The number of halogens is 3. The van der Waals surface area contributed by atoms with E-state index in [1.54, 1.807) is 24.3 Å². The van der Waals surface area contributed by atoms with Crippen LogP contribution in [-0.2, 0) is 15.7 Å². The number of nitriles is 1. The van der Waals surface area contributed by atoms with Gasteiger partial charge in [0.25, 0.3) is 5.56 Å². The van der Waals surface area contributed by atoms with Crippen LogP contribution in [0.2, 0.25) is 0 Å². The van der Waals surface area contributed by atoms with Crippen molar-refractivity contribution in [2.75, 3.05) is 62.8 Å². The maximum Gasteiger partial charge on any atom is 0.423 e. The molecule has 0 aromatic carbocycles. The van der Waals surface area contributed by atoms with Gasteiger partial charge in [-0.15, -0.1) is 0 Å². The molecule has 40 heavy (non-hydrogen) atoms. The van der Waals surface area contributed by atoms with Crippen LogP contribution in [0, 0.1) is 11.3 Å². The van der Waals surface area contributed by atoms with Crippen molar-refractivity contribution < 1.29 is 22.7 Å². The van der Waals surface area contributed by atoms with E-state index in [2.05, 4.69) is 21.1 Å². The van der Waals surface area contributed by atoms with Crippen LogP contribution in [0.5, 0.6) is 0 Å². The molecule has 10 nitrogen and oxygen atoms in total. The van der Waals surface area contributed by atoms with Crippen molar-refractivity contribution in [3.63, 3.8) is 0 Å². The minimum atomic E-state index is -4.64. The molecule has 1 N–H and O–H groups in total. The molecule has 0 atom stereocenters. The van der Waals surface area contributed by atoms with Gasteiger partial charge in [0.2, 0.25) is 5.91 Å². The fraction of sp³-hybridized carbons (Fsp3) is 0.593. The number of piperazine rings is 1. The quantitative estimate of drug-likeness (QED) is 0.574. The number of methoxy groups -OCH3 is 1. The van der Waals surface area contributed by atoms with Crippen LogP contribution >= 0.6 is 0 Å². The molecule has 2 aliphatic heterocycles. The van der Waals surface area contributed by atoms with Gasteiger partial charge in [0.15, 0.2) is 0 Å². The number of ether oxygens (including phenoxy) is 1. The third-order valence-corrected chi connectivity index (χ3v) is 5.92. The lowest BCUT2D eigenvalue weighted by Gasteiger charge is -2.35. The minimum absolute atomic E-state index is 0.117. The third-order valence-electron chi connectivity index (χ3n) is 5.92. The maximum atomic E-state index is 12.7. The van der Waals surface area contributed by atoms with E-state index in [4.69, 9.17) is 10.00 Å². The second-order valence-electron chi connectivity index (χ2n) is 8.28. The molecule has 2 saturated heterocycles. The number of alkyl halides is 3. The number of hydrogen-bond donors (Lipinski definition) is 1. The molecule has 0 saturated carbocycles. The molecule has 1 amide bonds. The summed E-state index contributed by atoms with van der Waals surface area (Å²) in [6, 6.07) is 5.66. The summed E-state index contributed by atoms with van der Waals surface area (Å²) >= 11 is 0. The molecular formula is C27H40F3N7O3. The Morgan fingerprint density at radius 1 is 1.02 bits per heavy atom. The number of carbonyl (C=O) groups excluding carboxylic acids is 1. The molecule has 2 aromatic rings. The predicted octanol–water partition coefficient (Wildman–Crippen LogP) is 4.08. The number of amides is 1. The SMILES string of the molecule is CC.CC.COCCC(=O)N1CCN(c2ccc(C#N)cn2)CC1.O=c1[nH]ncc(N2CCCC2)c1C(F)(F)F. The Morgan fingerprint density at radius 3 is 2.15 bits per heavy atom. The fourth-order valence-electron chi connectivity index (χ4n) is 4.03. The van der Waals surface area contributed by atoms with Gasteiger partial charge in [-0.05, 0) is 25.0 Å². The van der Waals surface area contributed by atoms with E-state index in [0.717, 1.165) is 37.9 Å². The summed E-state index contributed by atoms with van der Waals surface area (Å²) in [7, 11) is 1.60. The molecule has 0 spiro atoms. The molecule has 2 fully saturated rings. The zero-order chi connectivity index (χ0) is 30.1. The molecule has 0 unspecified atom stereocenters. The second-order valence-corrected chi connectivity index (χ2v) is 8.28. The normalized spacial score (nSPS) is 14.5. The Balaban J connectivity index is 0.000000362. The van der Waals surface area contributed by atoms with Crippen LogP contribution in [0.4, 0.5) is 24.7 Å². The van der Waals surface area contributed by atoms with Crippen molar-refractivity contribution in [3.8, 4) is 6.07 Å². The average Bonchev–Trinajstić information content (AvgIpc) is 3.53. The first-order valence-corrected chi connectivity index (χ1v) is 13.5. The van der Waals surface area contributed by atoms with Gasteiger partial charge in [0.05, 0.1) is 30.5 Å². The van der Waals surface area contributed by atoms with E-state index in [1.165, 1.54) is 0 Å². The third kappa shape index (κ3) is 10.1. The van der Waals surface area contributed by atoms with Crippen LogP contribution < -0.4 is 15.4 Å². The lowest BCUT2D eigenvalue weighted by atomic mass is 10.2. The van der Waals surface area contributed by atoms with E-state index in [9.17, 15) is 22.8 Å². The van der Waals surface area contributed by atoms with E-state index >= 15 is 0 Å². The van der Waals surface area contributed by atoms with Crippen LogP contribution in [0.1, 0.15) is 58.1 Å². The van der Waals surface area contributed by atoms with Gasteiger partial charge in [-0.1, -0.05) is 27.7 Å². The molecule has 2 aliphatic rings. The number of anilines is 2. The number of nitrogens with one attached hydrogen (secondary N) is 1. The molecule has 2 aromatic heterocycles. The highest BCUT2D eigenvalue weighted by Crippen LogP contribution is 2.34. The first-order chi connectivity index (χ1) is 19.2. The molecule has 0 aliphatic carbocycles. The maximum absolute atomic E-state index is 12.7. The number of nitrogens with zero attached hydrogens (tertiary/aromatic N) is 6. The Labute approximate surface area is 233 Å². The summed E-state index contributed by atoms with van der Waals surface area (Å²) in [6.45, 7) is 12.5. The second kappa shape index (κ2) is 17.8. The Hall–Kier alpha value is -3.66. The van der Waals surface area contributed by atoms with E-state index in [0.29, 0.717) is 44.8 Å². The average molecular weight is 568 g/mol. The standard InChI is InChI=1S/C14H18N4O2.C9H10F3N3O.2C2H6/c1-20-9-4-14(19)18-7-5-17(6-8-18)13-3-2-12(10-15)11-16-13;10-9(11,12)7-6(5-13-14-8(7)16)15-3-1-2-4-15;2*1-2/h2-3,11H,4-9H2,1H3;5H,1-4H2,(H,14,16);2*1-2H3. The molecule has 0 bridgehead atoms. The zero-order valence-electron chi connectivity index (χ0n) is 23.9. The van der Waals surface area contributed by atoms with Crippen molar-refractivity contribution in [2.24, 2.45) is 0 Å². The Bertz CT molecular complexity index is 1100. The lowest BCUT2D eigenvalue weighted by molar-refractivity contribution is -0.138. The number of rotatable bonds is 5. The first-order valence-electron chi connectivity index (χ1n) is 13.5. The monoisotopic (exact) mass is 567 g/mol. The van der Waals surface area contributed by atoms with Gasteiger partial charge >= 0.3 is 6.18 Å². The number of pyridine rings is 1. The number of H-pyrrole nitrogens is 1. The van der Waals surface area contributed by atoms with Gasteiger partial charge in [0, 0.05) is 52.6 Å². The largest absolute Gasteiger partial charge is 0.423 e. The number of aromatic amines is 1. The highest BCUT2D eigenvalue weighted by atomic mass is 19.4. The van der Waals surface area contributed by atoms with E-state index < -0.39 is 17.3 Å². The van der Waals surface area contributed by atoms with Crippen LogP contribution in [0.25, 0.3) is 0 Å². The Morgan fingerprint density at radius 2 is 1.65 bits per heavy atom. The van der Waals surface area contributed by atoms with Crippen LogP contribution in [-0.4, -0.2) is 79.0 Å². The molecule has 4 rings (SSSR count). The molecular weight excluding hydrogens is 527 g/mol. The van der Waals surface area contributed by atoms with Crippen LogP contribution in [0.15, 0.2) is 29.3 Å². The summed E-state index contributed by atoms with van der Waals surface area (Å²) in [6.07, 6.45) is 0.106. The summed E-state index contributed by atoms with van der Waals surface area (Å²) in [5.74, 6) is 0.993. The van der Waals surface area contributed by atoms with Crippen molar-refractivity contribution in [1.29, 1.82) is 5.26 Å². The first kappa shape index (κ1) is 34.4. The highest BCUT2D eigenvalue weighted by molar-refractivity contribution is 5.76. The van der Waals surface area contributed by atoms with E-state index in [-0.39, 0.29) is 11.6 Å². The van der Waals surface area contributed by atoms with Crippen molar-refractivity contribution in [2.45, 2.75) is 53.1 Å². The smallest absolute Gasteiger partial charge is 0.384 e. The van der Waals surface area contributed by atoms with Crippen molar-refractivity contribution >= 4 is 17.4 Å². The fourth-order valence-corrected chi connectivity index (χ4v) is 4.03.